The van der Waals surface area contributed by atoms with Crippen molar-refractivity contribution >= 4 is 0 Å². The van der Waals surface area contributed by atoms with Gasteiger partial charge in [0.15, 0.2) is 0 Å². The van der Waals surface area contributed by atoms with E-state index in [-0.39, 0.29) is 16.4 Å². The van der Waals surface area contributed by atoms with Gasteiger partial charge in [-0.1, -0.05) is 56.2 Å². The first-order valence-electron chi connectivity index (χ1n) is 15.4. The van der Waals surface area contributed by atoms with Crippen LogP contribution in [0.3, 0.4) is 0 Å². The molecular formula is C37H48O5. The fourth-order valence-corrected chi connectivity index (χ4v) is 7.09. The Labute approximate surface area is 252 Å². The average molecular weight is 573 g/mol. The normalized spacial score (nSPS) is 29.0. The highest BCUT2D eigenvalue weighted by molar-refractivity contribution is 5.46. The van der Waals surface area contributed by atoms with Crippen LogP contribution in [0.25, 0.3) is 0 Å². The molecule has 0 bridgehead atoms. The number of phenols is 1. The first-order chi connectivity index (χ1) is 19.9. The van der Waals surface area contributed by atoms with E-state index in [1.54, 1.807) is 7.11 Å². The largest absolute Gasteiger partial charge is 0.507 e. The van der Waals surface area contributed by atoms with Crippen molar-refractivity contribution in [1.29, 1.82) is 0 Å². The summed E-state index contributed by atoms with van der Waals surface area (Å²) in [5.74, 6) is 2.45. The van der Waals surface area contributed by atoms with Gasteiger partial charge in [0.05, 0.1) is 19.3 Å². The van der Waals surface area contributed by atoms with E-state index in [1.807, 2.05) is 31.2 Å². The molecule has 3 heterocycles. The Balaban J connectivity index is 0.000000295. The number of allylic oxidation sites excluding steroid dienone is 3. The molecule has 1 saturated carbocycles. The number of para-hydroxylation sites is 1. The first-order valence-corrected chi connectivity index (χ1v) is 15.4. The molecule has 5 nitrogen and oxygen atoms in total. The molecule has 0 radical (unpaired) electrons. The van der Waals surface area contributed by atoms with E-state index in [0.717, 1.165) is 60.7 Å². The highest BCUT2D eigenvalue weighted by Gasteiger charge is 2.66. The van der Waals surface area contributed by atoms with Crippen LogP contribution >= 0.6 is 0 Å². The second kappa shape index (κ2) is 11.5. The van der Waals surface area contributed by atoms with Crippen molar-refractivity contribution in [2.45, 2.75) is 97.9 Å². The number of benzene rings is 2. The summed E-state index contributed by atoms with van der Waals surface area (Å²) in [6.45, 7) is 13.8. The van der Waals surface area contributed by atoms with Gasteiger partial charge in [0.25, 0.3) is 0 Å². The highest BCUT2D eigenvalue weighted by Crippen LogP contribution is 2.66. The fraction of sp³-hybridized carbons (Fsp3) is 0.514. The van der Waals surface area contributed by atoms with E-state index >= 15 is 0 Å². The maximum Gasteiger partial charge on any atom is 0.236 e. The predicted molar refractivity (Wildman–Crippen MR) is 168 cm³/mol. The second-order valence-corrected chi connectivity index (χ2v) is 13.5. The number of methoxy groups -OCH3 is 1. The SMILES string of the molecule is COc1cc(C)c(O)c(C/C=C(\C)CC2=C[C@@]3(C)CCC[C@@]3(C)[C@]3(C=CC(C)(C)O3)O2)c1.c1ccc2c(c1)CCCO2. The van der Waals surface area contributed by atoms with Gasteiger partial charge in [-0.25, -0.2) is 0 Å². The Morgan fingerprint density at radius 1 is 1.05 bits per heavy atom. The van der Waals surface area contributed by atoms with Crippen LogP contribution in [0, 0.1) is 17.8 Å². The van der Waals surface area contributed by atoms with E-state index in [2.05, 4.69) is 71.1 Å². The maximum absolute atomic E-state index is 10.5. The molecule has 0 amide bonds. The average Bonchev–Trinajstić information content (AvgIpc) is 3.45. The monoisotopic (exact) mass is 572 g/mol. The molecule has 1 aliphatic carbocycles. The molecule has 3 atom stereocenters. The minimum absolute atomic E-state index is 0.0355. The quantitative estimate of drug-likeness (QED) is 0.363. The van der Waals surface area contributed by atoms with Gasteiger partial charge in [0.2, 0.25) is 5.79 Å². The molecule has 3 aliphatic heterocycles. The summed E-state index contributed by atoms with van der Waals surface area (Å²) in [5.41, 5.74) is 3.87. The van der Waals surface area contributed by atoms with Crippen molar-refractivity contribution in [1.82, 2.24) is 0 Å². The predicted octanol–water partition coefficient (Wildman–Crippen LogP) is 8.77. The van der Waals surface area contributed by atoms with Crippen molar-refractivity contribution < 1.29 is 24.1 Å². The van der Waals surface area contributed by atoms with Gasteiger partial charge >= 0.3 is 0 Å². The smallest absolute Gasteiger partial charge is 0.236 e. The minimum atomic E-state index is -0.714. The fourth-order valence-electron chi connectivity index (χ4n) is 7.09. The van der Waals surface area contributed by atoms with Crippen molar-refractivity contribution in [3.05, 3.63) is 88.7 Å². The third-order valence-corrected chi connectivity index (χ3v) is 9.82. The summed E-state index contributed by atoms with van der Waals surface area (Å²) in [5, 5.41) is 10.5. The van der Waals surface area contributed by atoms with Crippen LogP contribution in [0.5, 0.6) is 17.2 Å². The minimum Gasteiger partial charge on any atom is -0.507 e. The van der Waals surface area contributed by atoms with Crippen molar-refractivity contribution in [3.8, 4) is 17.2 Å². The Morgan fingerprint density at radius 2 is 1.83 bits per heavy atom. The van der Waals surface area contributed by atoms with Gasteiger partial charge in [-0.15, -0.1) is 0 Å². The molecule has 5 heteroatoms. The van der Waals surface area contributed by atoms with Gasteiger partial charge in [-0.05, 0) is 101 Å². The molecule has 0 unspecified atom stereocenters. The molecule has 1 spiro atoms. The molecule has 42 heavy (non-hydrogen) atoms. The molecule has 4 aliphatic rings. The summed E-state index contributed by atoms with van der Waals surface area (Å²) >= 11 is 0. The lowest BCUT2D eigenvalue weighted by Crippen LogP contribution is -2.57. The summed E-state index contributed by atoms with van der Waals surface area (Å²) in [6.07, 6.45) is 16.0. The van der Waals surface area contributed by atoms with Gasteiger partial charge in [0, 0.05) is 22.8 Å². The van der Waals surface area contributed by atoms with Gasteiger partial charge in [-0.3, -0.25) is 0 Å². The van der Waals surface area contributed by atoms with Crippen LogP contribution in [-0.2, 0) is 22.3 Å². The third kappa shape index (κ3) is 5.73. The number of rotatable bonds is 5. The zero-order valence-corrected chi connectivity index (χ0v) is 26.5. The zero-order valence-electron chi connectivity index (χ0n) is 26.5. The molecule has 0 aromatic heterocycles. The highest BCUT2D eigenvalue weighted by atomic mass is 16.7. The lowest BCUT2D eigenvalue weighted by Gasteiger charge is -2.54. The van der Waals surface area contributed by atoms with Crippen LogP contribution in [0.4, 0.5) is 0 Å². The molecule has 1 fully saturated rings. The lowest BCUT2D eigenvalue weighted by molar-refractivity contribution is -0.292. The van der Waals surface area contributed by atoms with Crippen molar-refractivity contribution in [2.75, 3.05) is 13.7 Å². The standard InChI is InChI=1S/C28H38O4.C9H10O/c1-19(9-10-21-17-22(30-7)16-20(2)24(21)29)15-23-18-26(5)11-8-12-27(26,6)28(31-23)14-13-25(3,4)32-28;1-2-6-9-8(4-1)5-3-7-10-9/h9,13-14,16-18,29H,8,10-12,15H2,1-7H3;1-2,4,6H,3,5,7H2/b19-9+;/t26-,27-,28-;/m1./s1. The topological polar surface area (TPSA) is 57.2 Å². The second-order valence-electron chi connectivity index (χ2n) is 13.5. The number of ether oxygens (including phenoxy) is 4. The van der Waals surface area contributed by atoms with Crippen LogP contribution in [0.15, 0.2) is 72.0 Å². The molecule has 6 rings (SSSR count). The van der Waals surface area contributed by atoms with Crippen LogP contribution in [0.1, 0.15) is 83.4 Å². The van der Waals surface area contributed by atoms with Crippen LogP contribution in [0.2, 0.25) is 0 Å². The molecule has 226 valence electrons. The van der Waals surface area contributed by atoms with Crippen LogP contribution < -0.4 is 9.47 Å². The first kappa shape index (κ1) is 30.3. The molecule has 2 aromatic rings. The van der Waals surface area contributed by atoms with Crippen LogP contribution in [-0.4, -0.2) is 30.2 Å². The van der Waals surface area contributed by atoms with E-state index < -0.39 is 5.79 Å². The van der Waals surface area contributed by atoms with Gasteiger partial charge in [-0.2, -0.15) is 0 Å². The lowest BCUT2D eigenvalue weighted by atomic mass is 9.61. The summed E-state index contributed by atoms with van der Waals surface area (Å²) in [6, 6.07) is 12.0. The number of aromatic hydroxyl groups is 1. The number of phenolic OH excluding ortho intramolecular Hbond substituents is 1. The molecule has 0 saturated heterocycles. The third-order valence-electron chi connectivity index (χ3n) is 9.82. The van der Waals surface area contributed by atoms with Gasteiger partial charge in [0.1, 0.15) is 23.0 Å². The number of aryl methyl sites for hydroxylation is 2. The van der Waals surface area contributed by atoms with Crippen molar-refractivity contribution in [2.24, 2.45) is 10.8 Å². The zero-order chi connectivity index (χ0) is 30.2. The van der Waals surface area contributed by atoms with E-state index in [9.17, 15) is 5.11 Å². The van der Waals surface area contributed by atoms with E-state index in [1.165, 1.54) is 24.0 Å². The maximum atomic E-state index is 10.5. The summed E-state index contributed by atoms with van der Waals surface area (Å²) in [7, 11) is 1.65. The Kier molecular flexibility index (Phi) is 8.28. The van der Waals surface area contributed by atoms with E-state index in [4.69, 9.17) is 18.9 Å². The number of fused-ring (bicyclic) bond motifs is 3. The van der Waals surface area contributed by atoms with Gasteiger partial charge < -0.3 is 24.1 Å². The number of hydrogen-bond donors (Lipinski definition) is 1. The Hall–Kier alpha value is -3.18. The Bertz CT molecular complexity index is 1380. The molecule has 1 N–H and O–H groups in total. The Morgan fingerprint density at radius 3 is 2.55 bits per heavy atom. The summed E-state index contributed by atoms with van der Waals surface area (Å²) in [4.78, 5) is 0. The molecular weight excluding hydrogens is 524 g/mol. The number of hydrogen-bond acceptors (Lipinski definition) is 5. The molecule has 2 aromatic carbocycles. The van der Waals surface area contributed by atoms with Crippen molar-refractivity contribution in [3.63, 3.8) is 0 Å². The van der Waals surface area contributed by atoms with E-state index in [0.29, 0.717) is 12.2 Å². The summed E-state index contributed by atoms with van der Waals surface area (Å²) < 4.78 is 24.1.